The second-order valence-corrected chi connectivity index (χ2v) is 21.9. The van der Waals surface area contributed by atoms with E-state index in [0.29, 0.717) is 5.41 Å². The number of anilines is 3. The summed E-state index contributed by atoms with van der Waals surface area (Å²) in [6.07, 6.45) is 8.19. The van der Waals surface area contributed by atoms with Crippen molar-refractivity contribution in [2.45, 2.75) is 87.9 Å². The Morgan fingerprint density at radius 3 is 1.68 bits per heavy atom. The minimum atomic E-state index is -0.476. The molecule has 7 aromatic rings. The van der Waals surface area contributed by atoms with Gasteiger partial charge in [0, 0.05) is 22.2 Å². The molecule has 4 saturated carbocycles. The summed E-state index contributed by atoms with van der Waals surface area (Å²) in [5, 5.41) is 0. The van der Waals surface area contributed by atoms with Crippen molar-refractivity contribution in [3.63, 3.8) is 0 Å². The Morgan fingerprint density at radius 2 is 1.00 bits per heavy atom. The monoisotopic (exact) mass is 801 g/mol. The number of hydrogen-bond acceptors (Lipinski definition) is 1. The molecule has 4 fully saturated rings. The van der Waals surface area contributed by atoms with Gasteiger partial charge in [0.2, 0.25) is 0 Å². The molecule has 6 unspecified atom stereocenters. The quantitative estimate of drug-likeness (QED) is 0.168. The molecule has 62 heavy (non-hydrogen) atoms. The first kappa shape index (κ1) is 35.9. The van der Waals surface area contributed by atoms with E-state index in [4.69, 9.17) is 0 Å². The lowest BCUT2D eigenvalue weighted by molar-refractivity contribution is -0.231. The Kier molecular flexibility index (Phi) is 6.87. The molecule has 0 heterocycles. The van der Waals surface area contributed by atoms with Gasteiger partial charge in [0.15, 0.2) is 0 Å². The lowest BCUT2D eigenvalue weighted by Crippen LogP contribution is -2.73. The highest BCUT2D eigenvalue weighted by molar-refractivity contribution is 6.02. The van der Waals surface area contributed by atoms with E-state index in [1.165, 1.54) is 111 Å². The average Bonchev–Trinajstić information content (AvgIpc) is 4.02. The van der Waals surface area contributed by atoms with E-state index in [1.54, 1.807) is 11.1 Å². The first-order valence-corrected chi connectivity index (χ1v) is 23.7. The molecular weight excluding hydrogens is 747 g/mol. The second kappa shape index (κ2) is 11.9. The van der Waals surface area contributed by atoms with Crippen molar-refractivity contribution in [3.8, 4) is 22.3 Å². The third-order valence-electron chi connectivity index (χ3n) is 18.7. The van der Waals surface area contributed by atoms with Crippen molar-refractivity contribution in [2.24, 2.45) is 29.1 Å². The summed E-state index contributed by atoms with van der Waals surface area (Å²) in [6.45, 7) is 9.87. The smallest absolute Gasteiger partial charge is 0.0714 e. The van der Waals surface area contributed by atoms with Crippen molar-refractivity contribution >= 4 is 17.1 Å². The maximum atomic E-state index is 2.73. The van der Waals surface area contributed by atoms with Gasteiger partial charge in [-0.25, -0.2) is 0 Å². The normalized spacial score (nSPS) is 28.5. The Labute approximate surface area is 367 Å². The fourth-order valence-corrected chi connectivity index (χ4v) is 16.3. The highest BCUT2D eigenvalue weighted by Crippen LogP contribution is 2.90. The maximum absolute atomic E-state index is 2.73. The minimum Gasteiger partial charge on any atom is -0.309 e. The van der Waals surface area contributed by atoms with Gasteiger partial charge in [0.1, 0.15) is 0 Å². The molecule has 6 atom stereocenters. The van der Waals surface area contributed by atoms with Crippen LogP contribution in [-0.2, 0) is 21.7 Å². The highest BCUT2D eigenvalue weighted by atomic mass is 15.2. The molecule has 0 saturated heterocycles. The first-order valence-electron chi connectivity index (χ1n) is 23.7. The summed E-state index contributed by atoms with van der Waals surface area (Å²) in [4.78, 5) is 2.73. The Balaban J connectivity index is 1.08. The van der Waals surface area contributed by atoms with Crippen LogP contribution in [0.25, 0.3) is 22.3 Å². The van der Waals surface area contributed by atoms with E-state index in [0.717, 1.165) is 23.7 Å². The van der Waals surface area contributed by atoms with Crippen LogP contribution in [0.2, 0.25) is 0 Å². The molecule has 0 aliphatic heterocycles. The van der Waals surface area contributed by atoms with Crippen LogP contribution in [0.1, 0.15) is 111 Å². The van der Waals surface area contributed by atoms with Gasteiger partial charge in [-0.1, -0.05) is 167 Å². The number of nitrogens with zero attached hydrogens (tertiary/aromatic N) is 1. The van der Waals surface area contributed by atoms with Gasteiger partial charge >= 0.3 is 0 Å². The molecule has 304 valence electrons. The fraction of sp³-hybridized carbons (Fsp3) is 0.311. The van der Waals surface area contributed by atoms with Crippen LogP contribution in [0.15, 0.2) is 164 Å². The van der Waals surface area contributed by atoms with Crippen LogP contribution in [0.5, 0.6) is 0 Å². The van der Waals surface area contributed by atoms with E-state index in [9.17, 15) is 0 Å². The number of benzene rings is 7. The zero-order valence-corrected chi connectivity index (χ0v) is 36.6. The molecule has 7 aliphatic rings. The zero-order valence-electron chi connectivity index (χ0n) is 36.6. The van der Waals surface area contributed by atoms with E-state index in [1.807, 2.05) is 0 Å². The Morgan fingerprint density at radius 1 is 0.452 bits per heavy atom. The van der Waals surface area contributed by atoms with Gasteiger partial charge in [-0.15, -0.1) is 0 Å². The molecule has 1 heteroatoms. The predicted molar refractivity (Wildman–Crippen MR) is 255 cm³/mol. The number of rotatable bonds is 5. The summed E-state index contributed by atoms with van der Waals surface area (Å²) in [5.41, 5.74) is 21.5. The summed E-state index contributed by atoms with van der Waals surface area (Å²) < 4.78 is 0. The standard InChI is InChI=1S/C61H55N/c1-57(2)31-32-58(3,4)50-36-42(29-30-47(50)57)62(52-28-16-26-49-56(52)44-22-12-14-24-46(44)61(49)53-34-38-33-41-35-54(61)59(41,53)37-38)51-27-15-25-48-55(51)43-21-11-13-23-45(43)60(48,39-17-7-5-8-18-39)40-19-9-6-10-20-40/h5-30,36,38,41,53-54H,31-35,37H2,1-4H3. The van der Waals surface area contributed by atoms with Gasteiger partial charge in [-0.05, 0) is 158 Å². The van der Waals surface area contributed by atoms with Crippen LogP contribution >= 0.6 is 0 Å². The van der Waals surface area contributed by atoms with Gasteiger partial charge in [0.05, 0.1) is 16.8 Å². The summed E-state index contributed by atoms with van der Waals surface area (Å²) in [6, 6.07) is 63.9. The zero-order chi connectivity index (χ0) is 41.4. The fourth-order valence-electron chi connectivity index (χ4n) is 16.3. The van der Waals surface area contributed by atoms with Crippen molar-refractivity contribution in [2.75, 3.05) is 4.90 Å². The molecule has 0 N–H and O–H groups in total. The van der Waals surface area contributed by atoms with Crippen LogP contribution < -0.4 is 4.90 Å². The third-order valence-corrected chi connectivity index (χ3v) is 18.7. The van der Waals surface area contributed by atoms with Crippen molar-refractivity contribution < 1.29 is 0 Å². The second-order valence-electron chi connectivity index (χ2n) is 21.9. The topological polar surface area (TPSA) is 3.24 Å². The Hall–Kier alpha value is -5.66. The summed E-state index contributed by atoms with van der Waals surface area (Å²) >= 11 is 0. The van der Waals surface area contributed by atoms with Crippen LogP contribution in [0.4, 0.5) is 17.1 Å². The number of fused-ring (bicyclic) bond motifs is 12. The third kappa shape index (κ3) is 4.05. The van der Waals surface area contributed by atoms with E-state index in [-0.39, 0.29) is 16.2 Å². The van der Waals surface area contributed by atoms with Crippen LogP contribution in [-0.4, -0.2) is 0 Å². The van der Waals surface area contributed by atoms with Gasteiger partial charge < -0.3 is 4.90 Å². The summed E-state index contributed by atoms with van der Waals surface area (Å²) in [7, 11) is 0. The van der Waals surface area contributed by atoms with Gasteiger partial charge in [-0.3, -0.25) is 0 Å². The molecule has 14 rings (SSSR count). The molecule has 1 nitrogen and oxygen atoms in total. The lowest BCUT2D eigenvalue weighted by atomic mass is 9.27. The van der Waals surface area contributed by atoms with E-state index in [2.05, 4.69) is 196 Å². The number of hydrogen-bond donors (Lipinski definition) is 0. The Bertz CT molecular complexity index is 2990. The van der Waals surface area contributed by atoms with Crippen LogP contribution in [0.3, 0.4) is 0 Å². The first-order chi connectivity index (χ1) is 30.2. The highest BCUT2D eigenvalue weighted by Gasteiger charge is 2.84. The lowest BCUT2D eigenvalue weighted by Gasteiger charge is -2.76. The largest absolute Gasteiger partial charge is 0.309 e. The molecule has 0 radical (unpaired) electrons. The molecule has 7 aromatic carbocycles. The van der Waals surface area contributed by atoms with E-state index < -0.39 is 5.41 Å². The summed E-state index contributed by atoms with van der Waals surface area (Å²) in [5.74, 6) is 3.42. The molecule has 2 spiro atoms. The van der Waals surface area contributed by atoms with Gasteiger partial charge in [0.25, 0.3) is 0 Å². The molecule has 0 aromatic heterocycles. The van der Waals surface area contributed by atoms with Crippen molar-refractivity contribution in [1.29, 1.82) is 0 Å². The maximum Gasteiger partial charge on any atom is 0.0714 e. The van der Waals surface area contributed by atoms with Crippen molar-refractivity contribution in [3.05, 3.63) is 208 Å². The van der Waals surface area contributed by atoms with E-state index >= 15 is 0 Å². The minimum absolute atomic E-state index is 0.0750. The van der Waals surface area contributed by atoms with Gasteiger partial charge in [-0.2, -0.15) is 0 Å². The SMILES string of the molecule is CC1(C)CCC(C)(C)c2cc(N(c3cccc4c3-c3ccccc3C4(c3ccccc3)c3ccccc3)c3cccc4c3-c3ccccc3C43C4CC5CC6CC3C64C5)ccc21. The average molecular weight is 802 g/mol. The predicted octanol–water partition coefficient (Wildman–Crippen LogP) is 15.2. The molecular formula is C61H55N. The molecule has 2 bridgehead atoms. The van der Waals surface area contributed by atoms with Crippen LogP contribution in [0, 0.1) is 29.1 Å². The van der Waals surface area contributed by atoms with Crippen molar-refractivity contribution in [1.82, 2.24) is 0 Å². The molecule has 7 aliphatic carbocycles. The molecule has 0 amide bonds.